The molecular weight excluding hydrogens is 172 g/mol. The van der Waals surface area contributed by atoms with Crippen molar-refractivity contribution in [1.29, 1.82) is 0 Å². The molecule has 0 radical (unpaired) electrons. The lowest BCUT2D eigenvalue weighted by Gasteiger charge is -2.42. The zero-order valence-corrected chi connectivity index (χ0v) is 7.47. The monoisotopic (exact) mass is 188 g/mol. The van der Waals surface area contributed by atoms with Gasteiger partial charge in [0, 0.05) is 5.92 Å². The van der Waals surface area contributed by atoms with Gasteiger partial charge in [-0.25, -0.2) is 0 Å². The molecule has 0 amide bonds. The van der Waals surface area contributed by atoms with Crippen molar-refractivity contribution in [2.24, 2.45) is 5.92 Å². The van der Waals surface area contributed by atoms with Gasteiger partial charge < -0.3 is 20.1 Å². The minimum atomic E-state index is -0.922. The average Bonchev–Trinajstić information content (AvgIpc) is 2.08. The lowest BCUT2D eigenvalue weighted by molar-refractivity contribution is -0.203. The summed E-state index contributed by atoms with van der Waals surface area (Å²) in [4.78, 5) is 0. The highest BCUT2D eigenvalue weighted by atomic mass is 16.5. The van der Waals surface area contributed by atoms with E-state index in [1.54, 1.807) is 0 Å². The maximum atomic E-state index is 9.65. The summed E-state index contributed by atoms with van der Waals surface area (Å²) in [6, 6.07) is 0. The van der Waals surface area contributed by atoms with Crippen molar-refractivity contribution < 1.29 is 20.1 Å². The molecule has 3 fully saturated rings. The van der Waals surface area contributed by atoms with Gasteiger partial charge in [0.15, 0.2) is 0 Å². The van der Waals surface area contributed by atoms with Crippen molar-refractivity contribution in [3.05, 3.63) is 0 Å². The van der Waals surface area contributed by atoms with Gasteiger partial charge in [0.2, 0.25) is 0 Å². The van der Waals surface area contributed by atoms with Crippen LogP contribution in [0, 0.1) is 5.92 Å². The Morgan fingerprint density at radius 2 is 1.77 bits per heavy atom. The molecule has 2 saturated heterocycles. The Morgan fingerprint density at radius 1 is 1.00 bits per heavy atom. The Kier molecular flexibility index (Phi) is 2.55. The molecule has 2 aliphatic heterocycles. The Morgan fingerprint density at radius 3 is 2.54 bits per heavy atom. The number of hydrogen-bond acceptors (Lipinski definition) is 4. The largest absolute Gasteiger partial charge is 0.390 e. The van der Waals surface area contributed by atoms with Crippen molar-refractivity contribution in [1.82, 2.24) is 0 Å². The number of aliphatic hydroxyl groups excluding tert-OH is 3. The van der Waals surface area contributed by atoms with E-state index in [2.05, 4.69) is 0 Å². The van der Waals surface area contributed by atoms with Crippen LogP contribution in [-0.2, 0) is 4.74 Å². The average molecular weight is 188 g/mol. The third kappa shape index (κ3) is 1.59. The van der Waals surface area contributed by atoms with E-state index in [1.165, 1.54) is 0 Å². The fraction of sp³-hybridized carbons (Fsp3) is 1.00. The first-order valence-corrected chi connectivity index (χ1v) is 4.86. The molecule has 2 bridgehead atoms. The molecular formula is C9H16O4. The first-order chi connectivity index (χ1) is 6.20. The van der Waals surface area contributed by atoms with E-state index in [0.29, 0.717) is 13.0 Å². The van der Waals surface area contributed by atoms with E-state index < -0.39 is 24.4 Å². The summed E-state index contributed by atoms with van der Waals surface area (Å²) in [6.07, 6.45) is -0.497. The van der Waals surface area contributed by atoms with Crippen LogP contribution in [0.5, 0.6) is 0 Å². The molecule has 1 aliphatic carbocycles. The van der Waals surface area contributed by atoms with Gasteiger partial charge in [-0.05, 0) is 12.8 Å². The van der Waals surface area contributed by atoms with Crippen LogP contribution in [0.25, 0.3) is 0 Å². The van der Waals surface area contributed by atoms with Crippen LogP contribution >= 0.6 is 0 Å². The summed E-state index contributed by atoms with van der Waals surface area (Å²) >= 11 is 0. The third-order valence-electron chi connectivity index (χ3n) is 3.13. The maximum Gasteiger partial charge on any atom is 0.112 e. The smallest absolute Gasteiger partial charge is 0.112 e. The molecule has 76 valence electrons. The molecule has 1 saturated carbocycles. The number of hydrogen-bond donors (Lipinski definition) is 3. The highest BCUT2D eigenvalue weighted by Gasteiger charge is 2.42. The number of fused-ring (bicyclic) bond motifs is 5. The summed E-state index contributed by atoms with van der Waals surface area (Å²) < 4.78 is 5.32. The van der Waals surface area contributed by atoms with Gasteiger partial charge in [-0.2, -0.15) is 0 Å². The lowest BCUT2D eigenvalue weighted by Crippen LogP contribution is -2.55. The predicted molar refractivity (Wildman–Crippen MR) is 45.1 cm³/mol. The first kappa shape index (κ1) is 9.40. The van der Waals surface area contributed by atoms with Gasteiger partial charge in [-0.15, -0.1) is 0 Å². The molecule has 0 unspecified atom stereocenters. The molecule has 3 rings (SSSR count). The zero-order chi connectivity index (χ0) is 9.42. The van der Waals surface area contributed by atoms with Gasteiger partial charge in [-0.1, -0.05) is 6.42 Å². The summed E-state index contributed by atoms with van der Waals surface area (Å²) in [5.41, 5.74) is 0. The van der Waals surface area contributed by atoms with Crippen molar-refractivity contribution in [2.45, 2.75) is 43.7 Å². The van der Waals surface area contributed by atoms with Crippen LogP contribution < -0.4 is 0 Å². The van der Waals surface area contributed by atoms with Crippen LogP contribution in [0.1, 0.15) is 19.3 Å². The van der Waals surface area contributed by atoms with Crippen molar-refractivity contribution in [2.75, 3.05) is 6.61 Å². The Hall–Kier alpha value is -0.160. The second kappa shape index (κ2) is 3.53. The molecule has 3 N–H and O–H groups in total. The number of aliphatic hydroxyl groups is 3. The molecule has 0 aromatic carbocycles. The van der Waals surface area contributed by atoms with E-state index in [0.717, 1.165) is 12.8 Å². The van der Waals surface area contributed by atoms with Crippen molar-refractivity contribution in [3.8, 4) is 0 Å². The third-order valence-corrected chi connectivity index (χ3v) is 3.13. The Bertz CT molecular complexity index is 182. The van der Waals surface area contributed by atoms with Crippen LogP contribution in [-0.4, -0.2) is 46.3 Å². The van der Waals surface area contributed by atoms with E-state index in [1.807, 2.05) is 0 Å². The standard InChI is InChI=1S/C9H16O4/c10-6-3-1-2-5-4-13-9(6)8(12)7(5)11/h5-12H,1-4H2/t5-,6-,7+,8+,9-/m1/s1. The molecule has 4 heteroatoms. The van der Waals surface area contributed by atoms with Crippen LogP contribution in [0.3, 0.4) is 0 Å². The van der Waals surface area contributed by atoms with Gasteiger partial charge >= 0.3 is 0 Å². The Labute approximate surface area is 77.1 Å². The molecule has 0 spiro atoms. The summed E-state index contributed by atoms with van der Waals surface area (Å²) in [6.45, 7) is 0.458. The highest BCUT2D eigenvalue weighted by Crippen LogP contribution is 2.30. The quantitative estimate of drug-likeness (QED) is 0.468. The number of rotatable bonds is 0. The van der Waals surface area contributed by atoms with Crippen molar-refractivity contribution in [3.63, 3.8) is 0 Å². The molecule has 13 heavy (non-hydrogen) atoms. The lowest BCUT2D eigenvalue weighted by atomic mass is 9.82. The van der Waals surface area contributed by atoms with Gasteiger partial charge in [0.05, 0.1) is 18.8 Å². The normalized spacial score (nSPS) is 51.5. The highest BCUT2D eigenvalue weighted by molar-refractivity contribution is 4.92. The summed E-state index contributed by atoms with van der Waals surface area (Å²) in [7, 11) is 0. The summed E-state index contributed by atoms with van der Waals surface area (Å²) in [5.74, 6) is 0.0405. The first-order valence-electron chi connectivity index (χ1n) is 4.86. The molecule has 5 atom stereocenters. The fourth-order valence-electron chi connectivity index (χ4n) is 2.25. The topological polar surface area (TPSA) is 69.9 Å². The van der Waals surface area contributed by atoms with E-state index in [9.17, 15) is 15.3 Å². The second-order valence-electron chi connectivity index (χ2n) is 4.04. The van der Waals surface area contributed by atoms with E-state index in [4.69, 9.17) is 4.74 Å². The van der Waals surface area contributed by atoms with Crippen LogP contribution in [0.2, 0.25) is 0 Å². The maximum absolute atomic E-state index is 9.65. The van der Waals surface area contributed by atoms with E-state index in [-0.39, 0.29) is 5.92 Å². The minimum absolute atomic E-state index is 0.0405. The minimum Gasteiger partial charge on any atom is -0.390 e. The van der Waals surface area contributed by atoms with Crippen molar-refractivity contribution >= 4 is 0 Å². The molecule has 3 aliphatic rings. The van der Waals surface area contributed by atoms with Gasteiger partial charge in [-0.3, -0.25) is 0 Å². The zero-order valence-electron chi connectivity index (χ0n) is 7.47. The SMILES string of the molecule is O[C@H]1[C@@H]2CCC[C@@H](O)[C@@H](OC2)[C@H]1O. The van der Waals surface area contributed by atoms with Gasteiger partial charge in [0.1, 0.15) is 12.2 Å². The molecule has 0 aromatic rings. The summed E-state index contributed by atoms with van der Waals surface area (Å²) in [5, 5.41) is 28.8. The van der Waals surface area contributed by atoms with Crippen LogP contribution in [0.4, 0.5) is 0 Å². The number of ether oxygens (including phenoxy) is 1. The molecule has 4 nitrogen and oxygen atoms in total. The second-order valence-corrected chi connectivity index (χ2v) is 4.04. The molecule has 0 aromatic heterocycles. The fourth-order valence-corrected chi connectivity index (χ4v) is 2.25. The predicted octanol–water partition coefficient (Wildman–Crippen LogP) is -0.732. The van der Waals surface area contributed by atoms with E-state index >= 15 is 0 Å². The molecule has 2 heterocycles. The van der Waals surface area contributed by atoms with Crippen LogP contribution in [0.15, 0.2) is 0 Å². The van der Waals surface area contributed by atoms with Gasteiger partial charge in [0.25, 0.3) is 0 Å². The Balaban J connectivity index is 2.15.